The standard InChI is InChI=1S/C16H22N4S/c1-2-11-9-12-14(18-16(17)19-15(12)21-11)20-8-7-10-5-3-4-6-13(10)20/h9-10,13H,2-8H2,1H3,(H2,17,18,19). The van der Waals surface area contributed by atoms with Gasteiger partial charge >= 0.3 is 0 Å². The molecule has 0 bridgehead atoms. The summed E-state index contributed by atoms with van der Waals surface area (Å²) in [5.74, 6) is 2.36. The largest absolute Gasteiger partial charge is 0.368 e. The van der Waals surface area contributed by atoms with Crippen molar-refractivity contribution in [2.24, 2.45) is 5.92 Å². The van der Waals surface area contributed by atoms with Crippen molar-refractivity contribution in [1.29, 1.82) is 0 Å². The molecular weight excluding hydrogens is 280 g/mol. The zero-order valence-corrected chi connectivity index (χ0v) is 13.3. The summed E-state index contributed by atoms with van der Waals surface area (Å²) in [6, 6.07) is 2.94. The Morgan fingerprint density at radius 2 is 2.14 bits per heavy atom. The Balaban J connectivity index is 1.80. The Morgan fingerprint density at radius 1 is 1.29 bits per heavy atom. The van der Waals surface area contributed by atoms with Crippen LogP contribution in [0.2, 0.25) is 0 Å². The molecule has 2 aliphatic rings. The number of nitrogens with two attached hydrogens (primary N) is 1. The van der Waals surface area contributed by atoms with Gasteiger partial charge in [-0.05, 0) is 37.7 Å². The van der Waals surface area contributed by atoms with Crippen LogP contribution in [0, 0.1) is 5.92 Å². The van der Waals surface area contributed by atoms with Crippen LogP contribution in [0.4, 0.5) is 11.8 Å². The summed E-state index contributed by atoms with van der Waals surface area (Å²) in [7, 11) is 0. The minimum Gasteiger partial charge on any atom is -0.368 e. The van der Waals surface area contributed by atoms with Crippen molar-refractivity contribution < 1.29 is 0 Å². The highest BCUT2D eigenvalue weighted by Crippen LogP contribution is 2.41. The second kappa shape index (κ2) is 5.13. The molecule has 1 saturated carbocycles. The second-order valence-electron chi connectivity index (χ2n) is 6.28. The first-order valence-electron chi connectivity index (χ1n) is 8.09. The van der Waals surface area contributed by atoms with E-state index in [4.69, 9.17) is 5.73 Å². The fourth-order valence-electron chi connectivity index (χ4n) is 4.03. The monoisotopic (exact) mass is 302 g/mol. The van der Waals surface area contributed by atoms with E-state index in [-0.39, 0.29) is 0 Å². The van der Waals surface area contributed by atoms with Crippen molar-refractivity contribution in [2.75, 3.05) is 17.2 Å². The molecule has 2 fully saturated rings. The summed E-state index contributed by atoms with van der Waals surface area (Å²) >= 11 is 1.76. The van der Waals surface area contributed by atoms with Crippen LogP contribution in [-0.2, 0) is 6.42 Å². The Morgan fingerprint density at radius 3 is 3.00 bits per heavy atom. The van der Waals surface area contributed by atoms with Crippen molar-refractivity contribution in [3.05, 3.63) is 10.9 Å². The Bertz CT molecular complexity index is 666. The maximum absolute atomic E-state index is 5.97. The first-order valence-corrected chi connectivity index (χ1v) is 8.90. The van der Waals surface area contributed by atoms with Gasteiger partial charge in [0.05, 0.1) is 5.39 Å². The summed E-state index contributed by atoms with van der Waals surface area (Å²) < 4.78 is 0. The number of aryl methyl sites for hydroxylation is 1. The molecule has 1 aliphatic heterocycles. The van der Waals surface area contributed by atoms with E-state index in [9.17, 15) is 0 Å². The third kappa shape index (κ3) is 2.18. The maximum atomic E-state index is 5.97. The normalized spacial score (nSPS) is 25.5. The average molecular weight is 302 g/mol. The smallest absolute Gasteiger partial charge is 0.223 e. The van der Waals surface area contributed by atoms with Gasteiger partial charge in [-0.15, -0.1) is 11.3 Å². The van der Waals surface area contributed by atoms with E-state index < -0.39 is 0 Å². The lowest BCUT2D eigenvalue weighted by atomic mass is 9.85. The van der Waals surface area contributed by atoms with Crippen LogP contribution < -0.4 is 10.6 Å². The number of nitrogens with zero attached hydrogens (tertiary/aromatic N) is 3. The predicted molar refractivity (Wildman–Crippen MR) is 88.9 cm³/mol. The highest BCUT2D eigenvalue weighted by molar-refractivity contribution is 7.18. The number of hydrogen-bond acceptors (Lipinski definition) is 5. The molecule has 112 valence electrons. The average Bonchev–Trinajstić information content (AvgIpc) is 3.09. The van der Waals surface area contributed by atoms with Crippen LogP contribution in [0.15, 0.2) is 6.07 Å². The van der Waals surface area contributed by atoms with Gasteiger partial charge in [-0.1, -0.05) is 19.8 Å². The van der Waals surface area contributed by atoms with Gasteiger partial charge in [0.1, 0.15) is 10.6 Å². The van der Waals surface area contributed by atoms with Crippen molar-refractivity contribution >= 4 is 33.3 Å². The minimum atomic E-state index is 0.418. The first kappa shape index (κ1) is 13.3. The quantitative estimate of drug-likeness (QED) is 0.921. The SMILES string of the molecule is CCc1cc2c(N3CCC4CCCCC43)nc(N)nc2s1. The molecule has 3 heterocycles. The van der Waals surface area contributed by atoms with Crippen molar-refractivity contribution in [3.63, 3.8) is 0 Å². The summed E-state index contributed by atoms with van der Waals surface area (Å²) in [5, 5.41) is 1.21. The molecule has 0 spiro atoms. The molecule has 2 atom stereocenters. The minimum absolute atomic E-state index is 0.418. The van der Waals surface area contributed by atoms with Crippen LogP contribution in [-0.4, -0.2) is 22.6 Å². The fraction of sp³-hybridized carbons (Fsp3) is 0.625. The molecule has 5 heteroatoms. The zero-order chi connectivity index (χ0) is 14.4. The van der Waals surface area contributed by atoms with Crippen molar-refractivity contribution in [3.8, 4) is 0 Å². The number of aromatic nitrogens is 2. The third-order valence-electron chi connectivity index (χ3n) is 5.07. The van der Waals surface area contributed by atoms with Gasteiger partial charge in [-0.3, -0.25) is 0 Å². The number of rotatable bonds is 2. The van der Waals surface area contributed by atoms with Crippen LogP contribution in [0.5, 0.6) is 0 Å². The molecule has 21 heavy (non-hydrogen) atoms. The maximum Gasteiger partial charge on any atom is 0.223 e. The summed E-state index contributed by atoms with van der Waals surface area (Å²) in [6.45, 7) is 3.31. The molecule has 1 saturated heterocycles. The molecule has 2 unspecified atom stereocenters. The van der Waals surface area contributed by atoms with Gasteiger partial charge in [0, 0.05) is 17.5 Å². The Hall–Kier alpha value is -1.36. The molecule has 0 aromatic carbocycles. The molecule has 4 nitrogen and oxygen atoms in total. The summed E-state index contributed by atoms with van der Waals surface area (Å²) in [5.41, 5.74) is 5.97. The third-order valence-corrected chi connectivity index (χ3v) is 6.24. The van der Waals surface area contributed by atoms with Crippen LogP contribution >= 0.6 is 11.3 Å². The van der Waals surface area contributed by atoms with Gasteiger partial charge in [0.15, 0.2) is 0 Å². The molecule has 2 N–H and O–H groups in total. The molecule has 1 aliphatic carbocycles. The predicted octanol–water partition coefficient (Wildman–Crippen LogP) is 3.60. The van der Waals surface area contributed by atoms with Gasteiger partial charge in [-0.2, -0.15) is 4.98 Å². The molecule has 2 aromatic rings. The number of fused-ring (bicyclic) bond motifs is 2. The van der Waals surface area contributed by atoms with Gasteiger partial charge in [0.2, 0.25) is 5.95 Å². The Kier molecular flexibility index (Phi) is 3.25. The van der Waals surface area contributed by atoms with Crippen LogP contribution in [0.1, 0.15) is 43.9 Å². The van der Waals surface area contributed by atoms with Gasteiger partial charge < -0.3 is 10.6 Å². The second-order valence-corrected chi connectivity index (χ2v) is 7.40. The number of nitrogen functional groups attached to an aromatic ring is 1. The highest BCUT2D eigenvalue weighted by atomic mass is 32.1. The van der Waals surface area contributed by atoms with Gasteiger partial charge in [-0.25, -0.2) is 4.98 Å². The summed E-state index contributed by atoms with van der Waals surface area (Å²) in [4.78, 5) is 14.0. The lowest BCUT2D eigenvalue weighted by Crippen LogP contribution is -2.35. The van der Waals surface area contributed by atoms with E-state index in [1.807, 2.05) is 0 Å². The van der Waals surface area contributed by atoms with E-state index in [0.717, 1.165) is 29.5 Å². The lowest BCUT2D eigenvalue weighted by Gasteiger charge is -2.32. The van der Waals surface area contributed by atoms with Gasteiger partial charge in [0.25, 0.3) is 0 Å². The summed E-state index contributed by atoms with van der Waals surface area (Å²) in [6.07, 6.45) is 7.79. The van der Waals surface area contributed by atoms with E-state index in [1.54, 1.807) is 11.3 Å². The fourth-order valence-corrected chi connectivity index (χ4v) is 5.00. The van der Waals surface area contributed by atoms with Crippen LogP contribution in [0.25, 0.3) is 10.2 Å². The highest BCUT2D eigenvalue weighted by Gasteiger charge is 2.37. The first-order chi connectivity index (χ1) is 10.3. The van der Waals surface area contributed by atoms with E-state index >= 15 is 0 Å². The van der Waals surface area contributed by atoms with E-state index in [2.05, 4.69) is 27.9 Å². The zero-order valence-electron chi connectivity index (χ0n) is 12.5. The number of hydrogen-bond donors (Lipinski definition) is 1. The van der Waals surface area contributed by atoms with E-state index in [1.165, 1.54) is 42.4 Å². The molecule has 2 aromatic heterocycles. The van der Waals surface area contributed by atoms with Crippen molar-refractivity contribution in [1.82, 2.24) is 9.97 Å². The van der Waals surface area contributed by atoms with E-state index in [0.29, 0.717) is 12.0 Å². The molecular formula is C16H22N4S. The number of anilines is 2. The lowest BCUT2D eigenvalue weighted by molar-refractivity contribution is 0.341. The van der Waals surface area contributed by atoms with Crippen molar-refractivity contribution in [2.45, 2.75) is 51.5 Å². The molecule has 0 amide bonds. The number of thiophene rings is 1. The Labute approximate surface area is 129 Å². The van der Waals surface area contributed by atoms with Crippen LogP contribution in [0.3, 0.4) is 0 Å². The topological polar surface area (TPSA) is 55.0 Å². The molecule has 4 rings (SSSR count). The molecule has 0 radical (unpaired) electrons.